The van der Waals surface area contributed by atoms with Gasteiger partial charge >= 0.3 is 6.18 Å². The number of hydrogen-bond donors (Lipinski definition) is 0. The lowest BCUT2D eigenvalue weighted by molar-refractivity contribution is -0.141. The Morgan fingerprint density at radius 3 is 2.27 bits per heavy atom. The van der Waals surface area contributed by atoms with Crippen molar-refractivity contribution in [2.45, 2.75) is 19.5 Å². The molecular weight excluding hydrogens is 241 g/mol. The summed E-state index contributed by atoms with van der Waals surface area (Å²) in [6, 6.07) is 0.311. The van der Waals surface area contributed by atoms with Gasteiger partial charge in [0.2, 0.25) is 0 Å². The molecule has 7 heteroatoms. The standard InChI is InChI=1S/C8H5ClF5N/c1-3-4(7(10)11)2-5(8(12,13)14)15-6(3)9/h2,7H,1H3. The molecule has 1 rings (SSSR count). The zero-order valence-electron chi connectivity index (χ0n) is 7.37. The van der Waals surface area contributed by atoms with Gasteiger partial charge in [-0.15, -0.1) is 0 Å². The van der Waals surface area contributed by atoms with Gasteiger partial charge in [0.1, 0.15) is 10.8 Å². The zero-order valence-corrected chi connectivity index (χ0v) is 8.13. The monoisotopic (exact) mass is 245 g/mol. The van der Waals surface area contributed by atoms with Crippen LogP contribution in [-0.4, -0.2) is 4.98 Å². The van der Waals surface area contributed by atoms with E-state index in [0.29, 0.717) is 6.07 Å². The van der Waals surface area contributed by atoms with Gasteiger partial charge in [0, 0.05) is 5.56 Å². The minimum atomic E-state index is -4.78. The number of alkyl halides is 5. The van der Waals surface area contributed by atoms with E-state index in [1.54, 1.807) is 0 Å². The molecule has 0 fully saturated rings. The molecule has 0 aromatic carbocycles. The number of pyridine rings is 1. The van der Waals surface area contributed by atoms with Crippen LogP contribution >= 0.6 is 11.6 Å². The lowest BCUT2D eigenvalue weighted by atomic mass is 10.1. The molecule has 1 aromatic heterocycles. The maximum atomic E-state index is 12.3. The maximum absolute atomic E-state index is 12.3. The zero-order chi connectivity index (χ0) is 11.8. The molecule has 0 saturated carbocycles. The van der Waals surface area contributed by atoms with E-state index in [9.17, 15) is 22.0 Å². The van der Waals surface area contributed by atoms with Gasteiger partial charge in [-0.3, -0.25) is 0 Å². The summed E-state index contributed by atoms with van der Waals surface area (Å²) >= 11 is 5.32. The van der Waals surface area contributed by atoms with Gasteiger partial charge in [-0.25, -0.2) is 13.8 Å². The molecule has 1 heterocycles. The molecule has 0 amide bonds. The molecule has 1 aromatic rings. The highest BCUT2D eigenvalue weighted by molar-refractivity contribution is 6.30. The van der Waals surface area contributed by atoms with Crippen LogP contribution in [0.5, 0.6) is 0 Å². The summed E-state index contributed by atoms with van der Waals surface area (Å²) in [4.78, 5) is 2.99. The van der Waals surface area contributed by atoms with Crippen molar-refractivity contribution >= 4 is 11.6 Å². The van der Waals surface area contributed by atoms with Crippen LogP contribution < -0.4 is 0 Å². The van der Waals surface area contributed by atoms with E-state index in [2.05, 4.69) is 4.98 Å². The minimum absolute atomic E-state index is 0.139. The largest absolute Gasteiger partial charge is 0.433 e. The number of aromatic nitrogens is 1. The number of rotatable bonds is 1. The second kappa shape index (κ2) is 3.92. The molecule has 15 heavy (non-hydrogen) atoms. The SMILES string of the molecule is Cc1c(C(F)F)cc(C(F)(F)F)nc1Cl. The molecule has 0 unspecified atom stereocenters. The highest BCUT2D eigenvalue weighted by Gasteiger charge is 2.34. The van der Waals surface area contributed by atoms with Crippen LogP contribution in [0, 0.1) is 6.92 Å². The van der Waals surface area contributed by atoms with Crippen LogP contribution in [0.3, 0.4) is 0 Å². The van der Waals surface area contributed by atoms with Gasteiger partial charge in [-0.05, 0) is 18.6 Å². The van der Waals surface area contributed by atoms with E-state index < -0.39 is 29.0 Å². The normalized spacial score (nSPS) is 12.3. The highest BCUT2D eigenvalue weighted by Crippen LogP contribution is 2.34. The topological polar surface area (TPSA) is 12.9 Å². The molecule has 1 nitrogen and oxygen atoms in total. The summed E-state index contributed by atoms with van der Waals surface area (Å²) in [6.07, 6.45) is -7.78. The molecule has 0 aliphatic carbocycles. The Morgan fingerprint density at radius 1 is 1.33 bits per heavy atom. The average Bonchev–Trinajstić information content (AvgIpc) is 2.06. The summed E-state index contributed by atoms with van der Waals surface area (Å²) in [5, 5.41) is -0.555. The van der Waals surface area contributed by atoms with Gasteiger partial charge in [0.05, 0.1) is 0 Å². The second-order valence-electron chi connectivity index (χ2n) is 2.81. The molecule has 0 N–H and O–H groups in total. The summed E-state index contributed by atoms with van der Waals surface area (Å²) in [6.45, 7) is 1.19. The number of hydrogen-bond acceptors (Lipinski definition) is 1. The quantitative estimate of drug-likeness (QED) is 0.538. The van der Waals surface area contributed by atoms with Crippen LogP contribution in [0.2, 0.25) is 5.15 Å². The van der Waals surface area contributed by atoms with Crippen LogP contribution in [-0.2, 0) is 6.18 Å². The summed E-state index contributed by atoms with van der Waals surface area (Å²) < 4.78 is 61.2. The first kappa shape index (κ1) is 12.2. The van der Waals surface area contributed by atoms with Crippen molar-refractivity contribution in [3.63, 3.8) is 0 Å². The van der Waals surface area contributed by atoms with Crippen molar-refractivity contribution < 1.29 is 22.0 Å². The van der Waals surface area contributed by atoms with Gasteiger partial charge in [-0.2, -0.15) is 13.2 Å². The molecule has 0 bridgehead atoms. The first-order chi connectivity index (χ1) is 6.73. The summed E-state index contributed by atoms with van der Waals surface area (Å²) in [5.41, 5.74) is -2.30. The molecule has 0 radical (unpaired) electrons. The van der Waals surface area contributed by atoms with E-state index in [4.69, 9.17) is 11.6 Å². The van der Waals surface area contributed by atoms with Gasteiger partial charge < -0.3 is 0 Å². The van der Waals surface area contributed by atoms with Crippen molar-refractivity contribution in [1.29, 1.82) is 0 Å². The lowest BCUT2D eigenvalue weighted by Crippen LogP contribution is -2.10. The van der Waals surface area contributed by atoms with Crippen LogP contribution in [0.4, 0.5) is 22.0 Å². The third kappa shape index (κ3) is 2.56. The van der Waals surface area contributed by atoms with E-state index in [1.807, 2.05) is 0 Å². The maximum Gasteiger partial charge on any atom is 0.433 e. The van der Waals surface area contributed by atoms with Crippen molar-refractivity contribution in [1.82, 2.24) is 4.98 Å². The summed E-state index contributed by atoms with van der Waals surface area (Å²) in [7, 11) is 0. The second-order valence-corrected chi connectivity index (χ2v) is 3.17. The molecular formula is C8H5ClF5N. The Hall–Kier alpha value is -0.910. The molecule has 0 aliphatic heterocycles. The van der Waals surface area contributed by atoms with E-state index in [0.717, 1.165) is 0 Å². The molecule has 0 saturated heterocycles. The van der Waals surface area contributed by atoms with Crippen LogP contribution in [0.25, 0.3) is 0 Å². The third-order valence-electron chi connectivity index (χ3n) is 1.78. The average molecular weight is 246 g/mol. The predicted octanol–water partition coefficient (Wildman–Crippen LogP) is 4.00. The summed E-state index contributed by atoms with van der Waals surface area (Å²) in [5.74, 6) is 0. The van der Waals surface area contributed by atoms with Crippen molar-refractivity contribution in [2.24, 2.45) is 0 Å². The fourth-order valence-corrected chi connectivity index (χ4v) is 1.17. The first-order valence-electron chi connectivity index (χ1n) is 3.76. The molecule has 0 aliphatic rings. The Labute approximate surface area is 86.9 Å². The Kier molecular flexibility index (Phi) is 3.18. The molecule has 0 atom stereocenters. The Balaban J connectivity index is 3.36. The van der Waals surface area contributed by atoms with Crippen molar-refractivity contribution in [3.8, 4) is 0 Å². The van der Waals surface area contributed by atoms with Crippen molar-refractivity contribution in [3.05, 3.63) is 28.0 Å². The Bertz CT molecular complexity index is 374. The lowest BCUT2D eigenvalue weighted by Gasteiger charge is -2.11. The first-order valence-corrected chi connectivity index (χ1v) is 4.13. The van der Waals surface area contributed by atoms with Gasteiger partial charge in [0.15, 0.2) is 0 Å². The number of nitrogens with zero attached hydrogens (tertiary/aromatic N) is 1. The van der Waals surface area contributed by atoms with E-state index >= 15 is 0 Å². The van der Waals surface area contributed by atoms with Gasteiger partial charge in [0.25, 0.3) is 6.43 Å². The van der Waals surface area contributed by atoms with Crippen LogP contribution in [0.1, 0.15) is 23.2 Å². The molecule has 84 valence electrons. The fraction of sp³-hybridized carbons (Fsp3) is 0.375. The smallest absolute Gasteiger partial charge is 0.231 e. The van der Waals surface area contributed by atoms with E-state index in [-0.39, 0.29) is 5.56 Å². The minimum Gasteiger partial charge on any atom is -0.231 e. The van der Waals surface area contributed by atoms with E-state index in [1.165, 1.54) is 6.92 Å². The van der Waals surface area contributed by atoms with Gasteiger partial charge in [-0.1, -0.05) is 11.6 Å². The van der Waals surface area contributed by atoms with Crippen LogP contribution in [0.15, 0.2) is 6.07 Å². The third-order valence-corrected chi connectivity index (χ3v) is 2.15. The fourth-order valence-electron chi connectivity index (χ4n) is 0.968. The predicted molar refractivity (Wildman–Crippen MR) is 43.9 cm³/mol. The molecule has 0 spiro atoms. The highest BCUT2D eigenvalue weighted by atomic mass is 35.5. The van der Waals surface area contributed by atoms with Crippen molar-refractivity contribution in [2.75, 3.05) is 0 Å². The number of halogens is 6. The Morgan fingerprint density at radius 2 is 1.87 bits per heavy atom.